The van der Waals surface area contributed by atoms with Crippen LogP contribution in [0.5, 0.6) is 0 Å². The zero-order valence-corrected chi connectivity index (χ0v) is 16.3. The first-order valence-electron chi connectivity index (χ1n) is 6.25. The Kier molecular flexibility index (Phi) is 7.06. The van der Waals surface area contributed by atoms with Gasteiger partial charge in [-0.3, -0.25) is 4.79 Å². The number of nitrogens with one attached hydrogen (secondary N) is 2. The number of amides is 1. The minimum absolute atomic E-state index is 0.123. The molecule has 23 heavy (non-hydrogen) atoms. The molecule has 0 radical (unpaired) electrons. The first kappa shape index (κ1) is 18.9. The van der Waals surface area contributed by atoms with Crippen LogP contribution >= 0.6 is 69.5 Å². The van der Waals surface area contributed by atoms with E-state index in [1.165, 1.54) is 29.2 Å². The molecule has 0 spiro atoms. The normalized spacial score (nSPS) is 10.7. The van der Waals surface area contributed by atoms with Crippen LogP contribution in [-0.4, -0.2) is 28.4 Å². The van der Waals surface area contributed by atoms with Gasteiger partial charge in [-0.1, -0.05) is 69.5 Å². The highest BCUT2D eigenvalue weighted by Gasteiger charge is 2.17. The van der Waals surface area contributed by atoms with Crippen LogP contribution in [0.2, 0.25) is 20.1 Å². The van der Waals surface area contributed by atoms with Crippen LogP contribution in [0.1, 0.15) is 6.92 Å². The number of hydrogen-bond donors (Lipinski definition) is 2. The smallest absolute Gasteiger partial charge is 0.234 e. The predicted octanol–water partition coefficient (Wildman–Crippen LogP) is 5.31. The average molecular weight is 432 g/mol. The van der Waals surface area contributed by atoms with Gasteiger partial charge in [0.15, 0.2) is 4.34 Å². The fraction of sp³-hybridized carbons (Fsp3) is 0.250. The van der Waals surface area contributed by atoms with Crippen molar-refractivity contribution in [2.75, 3.05) is 22.9 Å². The van der Waals surface area contributed by atoms with Gasteiger partial charge in [-0.2, -0.15) is 0 Å². The summed E-state index contributed by atoms with van der Waals surface area (Å²) in [5.74, 6) is -0.185. The van der Waals surface area contributed by atoms with Crippen molar-refractivity contribution in [2.24, 2.45) is 0 Å². The number of carbonyl (C=O) groups is 1. The summed E-state index contributed by atoms with van der Waals surface area (Å²) >= 11 is 26.6. The molecule has 2 N–H and O–H groups in total. The van der Waals surface area contributed by atoms with Crippen LogP contribution in [0.3, 0.4) is 0 Å². The Labute approximate surface area is 161 Å². The summed E-state index contributed by atoms with van der Waals surface area (Å²) in [6, 6.07) is 1.42. The van der Waals surface area contributed by atoms with Crippen molar-refractivity contribution >= 4 is 86.2 Å². The minimum atomic E-state index is -0.308. The number of thioether (sulfide) groups is 1. The Morgan fingerprint density at radius 3 is 2.48 bits per heavy atom. The summed E-state index contributed by atoms with van der Waals surface area (Å²) in [5, 5.41) is 15.0. The number of hydrogen-bond acceptors (Lipinski definition) is 6. The maximum absolute atomic E-state index is 12.1. The van der Waals surface area contributed by atoms with Crippen molar-refractivity contribution < 1.29 is 4.79 Å². The summed E-state index contributed by atoms with van der Waals surface area (Å²) in [6.07, 6.45) is 0. The summed E-state index contributed by atoms with van der Waals surface area (Å²) in [4.78, 5) is 12.1. The van der Waals surface area contributed by atoms with E-state index in [0.717, 1.165) is 6.54 Å². The number of aromatic nitrogens is 2. The van der Waals surface area contributed by atoms with Gasteiger partial charge in [0.25, 0.3) is 0 Å². The van der Waals surface area contributed by atoms with Crippen molar-refractivity contribution in [3.8, 4) is 0 Å². The van der Waals surface area contributed by atoms with Gasteiger partial charge in [-0.15, -0.1) is 10.2 Å². The number of nitrogens with zero attached hydrogens (tertiary/aromatic N) is 2. The zero-order valence-electron chi connectivity index (χ0n) is 11.6. The molecule has 1 amide bonds. The molecule has 11 heteroatoms. The van der Waals surface area contributed by atoms with E-state index in [4.69, 9.17) is 46.4 Å². The molecule has 0 bridgehead atoms. The summed E-state index contributed by atoms with van der Waals surface area (Å²) in [6.45, 7) is 2.72. The molecule has 0 aliphatic heterocycles. The van der Waals surface area contributed by atoms with E-state index >= 15 is 0 Å². The molecule has 0 atom stereocenters. The Bertz CT molecular complexity index is 699. The molecule has 1 aromatic heterocycles. The van der Waals surface area contributed by atoms with Crippen LogP contribution in [0.4, 0.5) is 10.8 Å². The van der Waals surface area contributed by atoms with E-state index in [0.29, 0.717) is 9.47 Å². The molecule has 1 heterocycles. The SMILES string of the molecule is CCNc1nnc(SCC(=O)Nc2c(Cl)c(Cl)cc(Cl)c2Cl)s1. The number of benzene rings is 1. The molecule has 0 aliphatic rings. The van der Waals surface area contributed by atoms with E-state index in [2.05, 4.69) is 20.8 Å². The highest BCUT2D eigenvalue weighted by atomic mass is 35.5. The summed E-state index contributed by atoms with van der Waals surface area (Å²) < 4.78 is 0.678. The van der Waals surface area contributed by atoms with Gasteiger partial charge in [-0.05, 0) is 13.0 Å². The highest BCUT2D eigenvalue weighted by Crippen LogP contribution is 2.41. The van der Waals surface area contributed by atoms with Crippen LogP contribution in [0.15, 0.2) is 10.4 Å². The van der Waals surface area contributed by atoms with Crippen LogP contribution < -0.4 is 10.6 Å². The maximum Gasteiger partial charge on any atom is 0.234 e. The lowest BCUT2D eigenvalue weighted by molar-refractivity contribution is -0.113. The predicted molar refractivity (Wildman–Crippen MR) is 99.9 cm³/mol. The average Bonchev–Trinajstić information content (AvgIpc) is 2.96. The van der Waals surface area contributed by atoms with Crippen molar-refractivity contribution in [3.63, 3.8) is 0 Å². The lowest BCUT2D eigenvalue weighted by Crippen LogP contribution is -2.14. The Morgan fingerprint density at radius 2 is 1.87 bits per heavy atom. The molecule has 0 aliphatic carbocycles. The largest absolute Gasteiger partial charge is 0.360 e. The highest BCUT2D eigenvalue weighted by molar-refractivity contribution is 8.01. The van der Waals surface area contributed by atoms with Gasteiger partial charge in [0, 0.05) is 6.54 Å². The van der Waals surface area contributed by atoms with Gasteiger partial charge in [0.1, 0.15) is 0 Å². The van der Waals surface area contributed by atoms with E-state index in [9.17, 15) is 4.79 Å². The molecule has 124 valence electrons. The molecule has 5 nitrogen and oxygen atoms in total. The third kappa shape index (κ3) is 5.01. The van der Waals surface area contributed by atoms with Crippen molar-refractivity contribution in [1.29, 1.82) is 0 Å². The third-order valence-electron chi connectivity index (χ3n) is 2.44. The van der Waals surface area contributed by atoms with E-state index in [1.807, 2.05) is 6.92 Å². The Hall–Kier alpha value is -0.440. The van der Waals surface area contributed by atoms with E-state index in [-0.39, 0.29) is 37.4 Å². The Balaban J connectivity index is 2.00. The van der Waals surface area contributed by atoms with Gasteiger partial charge in [0.05, 0.1) is 31.5 Å². The van der Waals surface area contributed by atoms with Crippen molar-refractivity contribution in [3.05, 3.63) is 26.2 Å². The fourth-order valence-corrected chi connectivity index (χ4v) is 4.00. The fourth-order valence-electron chi connectivity index (χ4n) is 1.48. The van der Waals surface area contributed by atoms with E-state index < -0.39 is 0 Å². The third-order valence-corrected chi connectivity index (χ3v) is 6.03. The molecular formula is C12H10Cl4N4OS2. The topological polar surface area (TPSA) is 66.9 Å². The molecule has 0 saturated carbocycles. The molecule has 0 saturated heterocycles. The molecule has 0 fully saturated rings. The lowest BCUT2D eigenvalue weighted by atomic mass is 10.3. The number of halogens is 4. The van der Waals surface area contributed by atoms with Crippen molar-refractivity contribution in [2.45, 2.75) is 11.3 Å². The molecule has 1 aromatic carbocycles. The molecular weight excluding hydrogens is 422 g/mol. The second-order valence-electron chi connectivity index (χ2n) is 4.08. The Morgan fingerprint density at radius 1 is 1.22 bits per heavy atom. The molecule has 2 rings (SSSR count). The van der Waals surface area contributed by atoms with Gasteiger partial charge in [-0.25, -0.2) is 0 Å². The number of anilines is 2. The first-order chi connectivity index (χ1) is 10.9. The van der Waals surface area contributed by atoms with Gasteiger partial charge in [0.2, 0.25) is 11.0 Å². The quantitative estimate of drug-likeness (QED) is 0.478. The number of rotatable bonds is 6. The van der Waals surface area contributed by atoms with Crippen molar-refractivity contribution in [1.82, 2.24) is 10.2 Å². The maximum atomic E-state index is 12.1. The summed E-state index contributed by atoms with van der Waals surface area (Å²) in [5.41, 5.74) is 0.196. The number of carbonyl (C=O) groups excluding carboxylic acids is 1. The summed E-state index contributed by atoms with van der Waals surface area (Å²) in [7, 11) is 0. The van der Waals surface area contributed by atoms with Crippen LogP contribution in [-0.2, 0) is 4.79 Å². The van der Waals surface area contributed by atoms with E-state index in [1.54, 1.807) is 0 Å². The molecule has 2 aromatic rings. The van der Waals surface area contributed by atoms with Gasteiger partial charge < -0.3 is 10.6 Å². The standard InChI is InChI=1S/C12H10Cl4N4OS2/c1-2-17-11-19-20-12(23-11)22-4-7(21)18-10-8(15)5(13)3-6(14)9(10)16/h3H,2,4H2,1H3,(H,17,19)(H,18,21). The minimum Gasteiger partial charge on any atom is -0.360 e. The first-order valence-corrected chi connectivity index (χ1v) is 9.56. The van der Waals surface area contributed by atoms with Crippen LogP contribution in [0, 0.1) is 0 Å². The second-order valence-corrected chi connectivity index (χ2v) is 7.85. The van der Waals surface area contributed by atoms with Gasteiger partial charge >= 0.3 is 0 Å². The lowest BCUT2D eigenvalue weighted by Gasteiger charge is -2.11. The second kappa shape index (κ2) is 8.60. The van der Waals surface area contributed by atoms with Crippen LogP contribution in [0.25, 0.3) is 0 Å². The monoisotopic (exact) mass is 430 g/mol. The zero-order chi connectivity index (χ0) is 17.0. The molecule has 0 unspecified atom stereocenters.